The lowest BCUT2D eigenvalue weighted by atomic mass is 9.79. The second-order valence-corrected chi connectivity index (χ2v) is 12.3. The Balaban J connectivity index is 1.31. The van der Waals surface area contributed by atoms with Gasteiger partial charge in [-0.2, -0.15) is 0 Å². The number of hydrogen-bond acceptors (Lipinski definition) is 7. The first-order valence-electron chi connectivity index (χ1n) is 12.7. The number of ether oxygens (including phenoxy) is 1. The molecule has 0 unspecified atom stereocenters. The van der Waals surface area contributed by atoms with Gasteiger partial charge in [0.1, 0.15) is 5.75 Å². The molecule has 1 aliphatic rings. The number of benzene rings is 1. The average Bonchev–Trinajstić information content (AvgIpc) is 3.29. The van der Waals surface area contributed by atoms with Crippen molar-refractivity contribution in [3.05, 3.63) is 53.0 Å². The maximum Gasteiger partial charge on any atom is 0.303 e. The molecule has 6 nitrogen and oxygen atoms in total. The van der Waals surface area contributed by atoms with E-state index in [-0.39, 0.29) is 12.3 Å². The van der Waals surface area contributed by atoms with Crippen LogP contribution in [0.4, 0.5) is 0 Å². The molecule has 2 N–H and O–H groups in total. The van der Waals surface area contributed by atoms with Crippen molar-refractivity contribution in [1.82, 2.24) is 9.88 Å². The zero-order valence-electron chi connectivity index (χ0n) is 21.1. The van der Waals surface area contributed by atoms with Crippen molar-refractivity contribution in [2.24, 2.45) is 11.8 Å². The lowest BCUT2D eigenvalue weighted by Gasteiger charge is -2.38. The fourth-order valence-electron chi connectivity index (χ4n) is 5.24. The molecule has 0 saturated carbocycles. The van der Waals surface area contributed by atoms with Crippen molar-refractivity contribution in [2.45, 2.75) is 49.3 Å². The maximum atomic E-state index is 11.6. The molecule has 1 aromatic carbocycles. The largest absolute Gasteiger partial charge is 0.497 e. The molecular weight excluding hydrogens is 492 g/mol. The van der Waals surface area contributed by atoms with Gasteiger partial charge in [0.2, 0.25) is 0 Å². The van der Waals surface area contributed by atoms with Crippen molar-refractivity contribution in [1.29, 1.82) is 0 Å². The normalized spacial score (nSPS) is 19.4. The number of rotatable bonds is 12. The number of carboxylic acid groups (broad SMARTS) is 1. The van der Waals surface area contributed by atoms with Crippen molar-refractivity contribution in [3.8, 4) is 5.75 Å². The van der Waals surface area contributed by atoms with E-state index in [9.17, 15) is 15.0 Å². The van der Waals surface area contributed by atoms with Crippen LogP contribution in [0.15, 0.2) is 46.8 Å². The zero-order chi connectivity index (χ0) is 25.5. The fraction of sp³-hybridized carbons (Fsp3) is 0.500. The first-order chi connectivity index (χ1) is 17.4. The first-order valence-corrected chi connectivity index (χ1v) is 14.5. The summed E-state index contributed by atoms with van der Waals surface area (Å²) in [6.07, 6.45) is 4.80. The molecule has 0 amide bonds. The highest BCUT2D eigenvalue weighted by molar-refractivity contribution is 8.01. The summed E-state index contributed by atoms with van der Waals surface area (Å²) in [5, 5.41) is 21.5. The third kappa shape index (κ3) is 7.22. The molecule has 3 heterocycles. The van der Waals surface area contributed by atoms with Crippen LogP contribution in [-0.2, 0) is 4.79 Å². The maximum absolute atomic E-state index is 11.6. The Morgan fingerprint density at radius 3 is 2.89 bits per heavy atom. The Morgan fingerprint density at radius 1 is 1.28 bits per heavy atom. The Kier molecular flexibility index (Phi) is 9.65. The summed E-state index contributed by atoms with van der Waals surface area (Å²) in [5.74, 6) is 1.51. The molecule has 2 aromatic heterocycles. The zero-order valence-corrected chi connectivity index (χ0v) is 22.7. The number of nitrogens with zero attached hydrogens (tertiary/aromatic N) is 2. The van der Waals surface area contributed by atoms with Gasteiger partial charge in [0.05, 0.1) is 22.9 Å². The summed E-state index contributed by atoms with van der Waals surface area (Å²) < 4.78 is 6.73. The monoisotopic (exact) mass is 528 g/mol. The van der Waals surface area contributed by atoms with Gasteiger partial charge >= 0.3 is 5.97 Å². The van der Waals surface area contributed by atoms with Crippen molar-refractivity contribution >= 4 is 40.0 Å². The van der Waals surface area contributed by atoms with E-state index in [2.05, 4.69) is 28.9 Å². The van der Waals surface area contributed by atoms with E-state index in [1.54, 1.807) is 13.3 Å². The van der Waals surface area contributed by atoms with Crippen LogP contribution in [0.2, 0.25) is 0 Å². The number of aryl methyl sites for hydroxylation is 1. The van der Waals surface area contributed by atoms with E-state index in [0.29, 0.717) is 12.3 Å². The Bertz CT molecular complexity index is 1150. The number of thiophene rings is 1. The summed E-state index contributed by atoms with van der Waals surface area (Å²) in [6.45, 7) is 4.96. The molecule has 0 radical (unpaired) electrons. The standard InChI is InChI=1S/C28H36N2O4S2/c1-19-4-9-28(36-19)35-15-3-13-30-14-11-20(21(18-30)16-27(32)33)5-8-26(31)23-10-12-29-25-7-6-22(34-2)17-24(23)25/h4,6-7,9-10,12,17,20-21,26,31H,3,5,8,11,13-16,18H2,1-2H3,(H,32,33)/t20-,21+,26+/m1/s1. The van der Waals surface area contributed by atoms with Gasteiger partial charge in [-0.1, -0.05) is 0 Å². The molecule has 0 aliphatic carbocycles. The van der Waals surface area contributed by atoms with Crippen LogP contribution in [0, 0.1) is 18.8 Å². The lowest BCUT2D eigenvalue weighted by Crippen LogP contribution is -2.42. The topological polar surface area (TPSA) is 82.9 Å². The van der Waals surface area contributed by atoms with Crippen molar-refractivity contribution < 1.29 is 19.7 Å². The van der Waals surface area contributed by atoms with Gasteiger partial charge in [0.15, 0.2) is 0 Å². The number of carboxylic acids is 1. The van der Waals surface area contributed by atoms with Crippen molar-refractivity contribution in [3.63, 3.8) is 0 Å². The van der Waals surface area contributed by atoms with E-state index in [1.165, 1.54) is 9.09 Å². The SMILES string of the molecule is COc1ccc2nccc([C@@H](O)CC[C@@H]3CCN(CCCSc4ccc(C)s4)C[C@@H]3CC(=O)O)c2c1. The number of aromatic nitrogens is 1. The minimum Gasteiger partial charge on any atom is -0.497 e. The van der Waals surface area contributed by atoms with Crippen molar-refractivity contribution in [2.75, 3.05) is 32.5 Å². The number of carbonyl (C=O) groups is 1. The number of fused-ring (bicyclic) bond motifs is 1. The highest BCUT2D eigenvalue weighted by atomic mass is 32.2. The number of aliphatic carboxylic acids is 1. The summed E-state index contributed by atoms with van der Waals surface area (Å²) in [4.78, 5) is 19.8. The molecule has 36 heavy (non-hydrogen) atoms. The first kappa shape index (κ1) is 26.9. The van der Waals surface area contributed by atoms with E-state index in [4.69, 9.17) is 4.74 Å². The molecule has 194 valence electrons. The van der Waals surface area contributed by atoms with Gasteiger partial charge in [-0.3, -0.25) is 9.78 Å². The minimum atomic E-state index is -0.733. The van der Waals surface area contributed by atoms with Gasteiger partial charge in [-0.25, -0.2) is 0 Å². The summed E-state index contributed by atoms with van der Waals surface area (Å²) >= 11 is 3.76. The van der Waals surface area contributed by atoms with Gasteiger partial charge < -0.3 is 19.8 Å². The second-order valence-electron chi connectivity index (χ2n) is 9.65. The Labute approximate surface area is 221 Å². The van der Waals surface area contributed by atoms with Gasteiger partial charge in [-0.15, -0.1) is 23.1 Å². The molecule has 8 heteroatoms. The Morgan fingerprint density at radius 2 is 2.14 bits per heavy atom. The van der Waals surface area contributed by atoms with Crippen LogP contribution in [0.5, 0.6) is 5.75 Å². The van der Waals surface area contributed by atoms with E-state index < -0.39 is 12.1 Å². The van der Waals surface area contributed by atoms with E-state index >= 15 is 0 Å². The number of likely N-dealkylation sites (tertiary alicyclic amines) is 1. The third-order valence-corrected chi connectivity index (χ3v) is 9.46. The predicted molar refractivity (Wildman–Crippen MR) is 147 cm³/mol. The quantitative estimate of drug-likeness (QED) is 0.220. The molecule has 0 spiro atoms. The third-order valence-electron chi connectivity index (χ3n) is 7.14. The molecule has 3 atom stereocenters. The molecule has 1 aliphatic heterocycles. The summed E-state index contributed by atoms with van der Waals surface area (Å²) in [7, 11) is 1.63. The van der Waals surface area contributed by atoms with Gasteiger partial charge in [-0.05, 0) is 99.5 Å². The lowest BCUT2D eigenvalue weighted by molar-refractivity contribution is -0.139. The van der Waals surface area contributed by atoms with Gasteiger partial charge in [0, 0.05) is 35.2 Å². The fourth-order valence-corrected chi connectivity index (χ4v) is 7.35. The summed E-state index contributed by atoms with van der Waals surface area (Å²) in [6, 6.07) is 11.9. The number of pyridine rings is 1. The number of methoxy groups -OCH3 is 1. The van der Waals surface area contributed by atoms with Crippen LogP contribution in [-0.4, -0.2) is 58.6 Å². The van der Waals surface area contributed by atoms with E-state index in [0.717, 1.165) is 66.9 Å². The van der Waals surface area contributed by atoms with Crippen LogP contribution >= 0.6 is 23.1 Å². The Hall–Kier alpha value is -2.13. The molecule has 1 saturated heterocycles. The van der Waals surface area contributed by atoms with Crippen LogP contribution in [0.3, 0.4) is 0 Å². The highest BCUT2D eigenvalue weighted by Crippen LogP contribution is 2.35. The summed E-state index contributed by atoms with van der Waals surface area (Å²) in [5.41, 5.74) is 1.68. The van der Waals surface area contributed by atoms with E-state index in [1.807, 2.05) is 47.4 Å². The smallest absolute Gasteiger partial charge is 0.303 e. The number of thioether (sulfide) groups is 1. The molecule has 4 rings (SSSR count). The predicted octanol–water partition coefficient (Wildman–Crippen LogP) is 6.02. The molecule has 0 bridgehead atoms. The van der Waals surface area contributed by atoms with Crippen LogP contribution in [0.25, 0.3) is 10.9 Å². The average molecular weight is 529 g/mol. The highest BCUT2D eigenvalue weighted by Gasteiger charge is 2.31. The van der Waals surface area contributed by atoms with Crippen LogP contribution in [0.1, 0.15) is 48.6 Å². The minimum absolute atomic E-state index is 0.116. The number of aliphatic hydroxyl groups is 1. The molecule has 1 fully saturated rings. The van der Waals surface area contributed by atoms with Gasteiger partial charge in [0.25, 0.3) is 0 Å². The number of aliphatic hydroxyl groups excluding tert-OH is 1. The molecular formula is C28H36N2O4S2. The second kappa shape index (κ2) is 12.9. The number of hydrogen-bond donors (Lipinski definition) is 2. The van der Waals surface area contributed by atoms with Crippen LogP contribution < -0.4 is 4.74 Å². The number of piperidine rings is 1. The molecule has 3 aromatic rings.